The van der Waals surface area contributed by atoms with E-state index < -0.39 is 0 Å². The molecular formula is C19H28FN3OS. The summed E-state index contributed by atoms with van der Waals surface area (Å²) >= 11 is 1.72. The number of nitrogens with zero attached hydrogens (tertiary/aromatic N) is 1. The summed E-state index contributed by atoms with van der Waals surface area (Å²) in [7, 11) is 0. The van der Waals surface area contributed by atoms with Crippen LogP contribution in [0, 0.1) is 11.7 Å². The van der Waals surface area contributed by atoms with Gasteiger partial charge in [0, 0.05) is 36.3 Å². The fraction of sp³-hybridized carbons (Fsp3) is 0.632. The Morgan fingerprint density at radius 2 is 2.04 bits per heavy atom. The summed E-state index contributed by atoms with van der Waals surface area (Å²) in [6.07, 6.45) is 2.82. The molecule has 2 aliphatic heterocycles. The maximum absolute atomic E-state index is 13.6. The molecule has 2 amide bonds. The Morgan fingerprint density at radius 3 is 2.76 bits per heavy atom. The molecular weight excluding hydrogens is 337 g/mol. The lowest BCUT2D eigenvalue weighted by Crippen LogP contribution is -2.49. The van der Waals surface area contributed by atoms with Gasteiger partial charge in [0.05, 0.1) is 6.04 Å². The minimum atomic E-state index is -0.244. The molecule has 1 saturated heterocycles. The van der Waals surface area contributed by atoms with Gasteiger partial charge in [-0.05, 0) is 48.9 Å². The van der Waals surface area contributed by atoms with Gasteiger partial charge < -0.3 is 15.5 Å². The van der Waals surface area contributed by atoms with Crippen molar-refractivity contribution < 1.29 is 9.18 Å². The van der Waals surface area contributed by atoms with Crippen molar-refractivity contribution in [2.75, 3.05) is 25.4 Å². The van der Waals surface area contributed by atoms with Crippen LogP contribution in [0.4, 0.5) is 9.18 Å². The quantitative estimate of drug-likeness (QED) is 0.853. The number of hydrogen-bond acceptors (Lipinski definition) is 3. The Hall–Kier alpha value is -1.27. The molecule has 0 spiro atoms. The van der Waals surface area contributed by atoms with E-state index in [9.17, 15) is 9.18 Å². The molecule has 1 aromatic rings. The number of carbonyl (C=O) groups is 1. The summed E-state index contributed by atoms with van der Waals surface area (Å²) in [5, 5.41) is 6.16. The van der Waals surface area contributed by atoms with Crippen molar-refractivity contribution in [2.45, 2.75) is 50.1 Å². The van der Waals surface area contributed by atoms with Gasteiger partial charge in [0.1, 0.15) is 5.82 Å². The van der Waals surface area contributed by atoms with Gasteiger partial charge in [-0.25, -0.2) is 9.18 Å². The number of amides is 2. The van der Waals surface area contributed by atoms with Gasteiger partial charge >= 0.3 is 6.03 Å². The van der Waals surface area contributed by atoms with Crippen LogP contribution in [0.25, 0.3) is 0 Å². The van der Waals surface area contributed by atoms with Crippen molar-refractivity contribution in [2.24, 2.45) is 5.92 Å². The maximum Gasteiger partial charge on any atom is 0.315 e. The molecule has 1 aromatic carbocycles. The Kier molecular flexibility index (Phi) is 6.23. The van der Waals surface area contributed by atoms with E-state index in [1.165, 1.54) is 6.07 Å². The molecule has 4 nitrogen and oxygen atoms in total. The van der Waals surface area contributed by atoms with Gasteiger partial charge in [-0.2, -0.15) is 0 Å². The highest BCUT2D eigenvalue weighted by Crippen LogP contribution is 2.36. The van der Waals surface area contributed by atoms with Crippen molar-refractivity contribution in [3.63, 3.8) is 0 Å². The monoisotopic (exact) mass is 365 g/mol. The lowest BCUT2D eigenvalue weighted by molar-refractivity contribution is 0.177. The van der Waals surface area contributed by atoms with Crippen molar-refractivity contribution in [1.82, 2.24) is 15.5 Å². The average Bonchev–Trinajstić information content (AvgIpc) is 2.57. The number of nitrogens with one attached hydrogen (secondary N) is 2. The number of piperidine rings is 1. The van der Waals surface area contributed by atoms with Crippen molar-refractivity contribution in [1.29, 1.82) is 0 Å². The summed E-state index contributed by atoms with van der Waals surface area (Å²) in [5.41, 5.74) is 0.901. The van der Waals surface area contributed by atoms with E-state index in [-0.39, 0.29) is 23.9 Å². The van der Waals surface area contributed by atoms with Crippen molar-refractivity contribution >= 4 is 17.8 Å². The first-order chi connectivity index (χ1) is 12.0. The topological polar surface area (TPSA) is 44.4 Å². The molecule has 0 aromatic heterocycles. The van der Waals surface area contributed by atoms with E-state index in [1.54, 1.807) is 17.8 Å². The molecule has 6 heteroatoms. The number of carbonyl (C=O) groups excluding carboxylic acids is 1. The Balaban J connectivity index is 1.50. The average molecular weight is 366 g/mol. The van der Waals surface area contributed by atoms with E-state index >= 15 is 0 Å². The highest BCUT2D eigenvalue weighted by molar-refractivity contribution is 7.99. The lowest BCUT2D eigenvalue weighted by atomic mass is 10.0. The number of urea groups is 1. The molecule has 0 radical (unpaired) electrons. The van der Waals surface area contributed by atoms with E-state index in [4.69, 9.17) is 0 Å². The van der Waals surface area contributed by atoms with E-state index in [0.717, 1.165) is 55.1 Å². The number of thioether (sulfide) groups is 1. The zero-order valence-corrected chi connectivity index (χ0v) is 15.9. The van der Waals surface area contributed by atoms with Gasteiger partial charge in [0.25, 0.3) is 0 Å². The minimum Gasteiger partial charge on any atom is -0.335 e. The lowest BCUT2D eigenvalue weighted by Gasteiger charge is -2.34. The third-order valence-electron chi connectivity index (χ3n) is 4.86. The van der Waals surface area contributed by atoms with Gasteiger partial charge in [0.15, 0.2) is 0 Å². The third-order valence-corrected chi connectivity index (χ3v) is 5.99. The predicted molar refractivity (Wildman–Crippen MR) is 100 cm³/mol. The fourth-order valence-corrected chi connectivity index (χ4v) is 4.78. The van der Waals surface area contributed by atoms with Crippen LogP contribution in [0.2, 0.25) is 0 Å². The second-order valence-corrected chi connectivity index (χ2v) is 8.60. The van der Waals surface area contributed by atoms with E-state index in [0.29, 0.717) is 5.92 Å². The van der Waals surface area contributed by atoms with Crippen LogP contribution in [-0.4, -0.2) is 42.4 Å². The first kappa shape index (κ1) is 18.5. The van der Waals surface area contributed by atoms with Crippen LogP contribution in [0.5, 0.6) is 0 Å². The summed E-state index contributed by atoms with van der Waals surface area (Å²) in [5.74, 6) is 1.38. The first-order valence-corrected chi connectivity index (χ1v) is 10.2. The van der Waals surface area contributed by atoms with E-state index in [2.05, 4.69) is 29.4 Å². The number of fused-ring (bicyclic) bond motifs is 1. The van der Waals surface area contributed by atoms with Crippen molar-refractivity contribution in [3.8, 4) is 0 Å². The van der Waals surface area contributed by atoms with Gasteiger partial charge in [-0.1, -0.05) is 13.8 Å². The van der Waals surface area contributed by atoms with E-state index in [1.807, 2.05) is 6.07 Å². The molecule has 25 heavy (non-hydrogen) atoms. The highest BCUT2D eigenvalue weighted by atomic mass is 32.2. The largest absolute Gasteiger partial charge is 0.335 e. The van der Waals surface area contributed by atoms with Crippen LogP contribution in [0.3, 0.4) is 0 Å². The van der Waals surface area contributed by atoms with Crippen molar-refractivity contribution in [3.05, 3.63) is 29.6 Å². The molecule has 1 fully saturated rings. The molecule has 0 bridgehead atoms. The minimum absolute atomic E-state index is 0.104. The second-order valence-electron chi connectivity index (χ2n) is 7.46. The predicted octanol–water partition coefficient (Wildman–Crippen LogP) is 3.78. The Morgan fingerprint density at radius 1 is 1.28 bits per heavy atom. The third kappa shape index (κ3) is 5.11. The first-order valence-electron chi connectivity index (χ1n) is 9.23. The fourth-order valence-electron chi connectivity index (χ4n) is 3.68. The van der Waals surface area contributed by atoms with Crippen LogP contribution in [0.15, 0.2) is 23.1 Å². The summed E-state index contributed by atoms with van der Waals surface area (Å²) in [4.78, 5) is 15.9. The van der Waals surface area contributed by atoms with Gasteiger partial charge in [0.2, 0.25) is 0 Å². The molecule has 2 heterocycles. The number of halogens is 1. The standard InChI is InChI=1S/C19H28FN3OS/c1-13(2)12-23-8-5-15(6-9-23)21-19(24)22-17-7-10-25-18-4-3-14(20)11-16(17)18/h3-4,11,13,15,17H,5-10,12H2,1-2H3,(H2,21,22,24)/t17-/m0/s1. The summed E-state index contributed by atoms with van der Waals surface area (Å²) in [6, 6.07) is 4.84. The normalized spacial score (nSPS) is 21.8. The van der Waals surface area contributed by atoms with Gasteiger partial charge in [-0.15, -0.1) is 11.8 Å². The number of rotatable bonds is 4. The molecule has 0 unspecified atom stereocenters. The number of benzene rings is 1. The Labute approximate surface area is 153 Å². The number of hydrogen-bond donors (Lipinski definition) is 2. The highest BCUT2D eigenvalue weighted by Gasteiger charge is 2.25. The Bertz CT molecular complexity index is 602. The second kappa shape index (κ2) is 8.41. The van der Waals surface area contributed by atoms with Crippen LogP contribution >= 0.6 is 11.8 Å². The molecule has 0 aliphatic carbocycles. The zero-order valence-electron chi connectivity index (χ0n) is 15.1. The number of likely N-dealkylation sites (tertiary alicyclic amines) is 1. The van der Waals surface area contributed by atoms with Crippen LogP contribution in [0.1, 0.15) is 44.7 Å². The molecule has 3 rings (SSSR count). The molecule has 2 N–H and O–H groups in total. The molecule has 1 atom stereocenters. The maximum atomic E-state index is 13.6. The molecule has 138 valence electrons. The molecule has 2 aliphatic rings. The smallest absolute Gasteiger partial charge is 0.315 e. The van der Waals surface area contributed by atoms with Crippen LogP contribution in [-0.2, 0) is 0 Å². The zero-order chi connectivity index (χ0) is 17.8. The van der Waals surface area contributed by atoms with Gasteiger partial charge in [-0.3, -0.25) is 0 Å². The summed E-state index contributed by atoms with van der Waals surface area (Å²) < 4.78 is 13.6. The molecule has 0 saturated carbocycles. The van der Waals surface area contributed by atoms with Crippen LogP contribution < -0.4 is 10.6 Å². The summed E-state index contributed by atoms with van der Waals surface area (Å²) in [6.45, 7) is 7.68. The SMILES string of the molecule is CC(C)CN1CCC(NC(=O)N[C@H]2CCSc3ccc(F)cc32)CC1.